The number of hydrogen-bond donors (Lipinski definition) is 2. The van der Waals surface area contributed by atoms with Gasteiger partial charge < -0.3 is 5.73 Å². The van der Waals surface area contributed by atoms with Gasteiger partial charge in [0.1, 0.15) is 0 Å². The molecule has 8 heteroatoms. The summed E-state index contributed by atoms with van der Waals surface area (Å²) in [5.41, 5.74) is 5.87. The zero-order valence-electron chi connectivity index (χ0n) is 8.59. The van der Waals surface area contributed by atoms with Crippen LogP contribution in [-0.4, -0.2) is 23.6 Å². The van der Waals surface area contributed by atoms with Crippen molar-refractivity contribution in [3.8, 4) is 0 Å². The highest BCUT2D eigenvalue weighted by Crippen LogP contribution is 2.15. The molecule has 0 radical (unpaired) electrons. The number of sulfone groups is 1. The molecule has 0 amide bonds. The van der Waals surface area contributed by atoms with Crippen LogP contribution in [0.15, 0.2) is 29.4 Å². The van der Waals surface area contributed by atoms with Crippen molar-refractivity contribution in [2.24, 2.45) is 0 Å². The highest BCUT2D eigenvalue weighted by Gasteiger charge is 2.19. The van der Waals surface area contributed by atoms with E-state index in [0.29, 0.717) is 10.6 Å². The normalized spacial score (nSPS) is 11.6. The van der Waals surface area contributed by atoms with Crippen molar-refractivity contribution < 1.29 is 8.42 Å². The molecule has 0 saturated carbocycles. The van der Waals surface area contributed by atoms with Gasteiger partial charge in [0.2, 0.25) is 20.9 Å². The minimum Gasteiger partial charge on any atom is -0.366 e. The number of H-pyrrole nitrogens is 1. The van der Waals surface area contributed by atoms with Crippen LogP contribution >= 0.6 is 11.6 Å². The molecule has 1 aromatic carbocycles. The van der Waals surface area contributed by atoms with E-state index in [2.05, 4.69) is 15.2 Å². The number of aromatic amines is 1. The van der Waals surface area contributed by atoms with Gasteiger partial charge in [0.25, 0.3) is 0 Å². The van der Waals surface area contributed by atoms with Gasteiger partial charge in [-0.1, -0.05) is 23.7 Å². The lowest BCUT2D eigenvalue weighted by Crippen LogP contribution is -2.07. The van der Waals surface area contributed by atoms with Crippen LogP contribution in [0.1, 0.15) is 5.56 Å². The predicted molar refractivity (Wildman–Crippen MR) is 63.1 cm³/mol. The summed E-state index contributed by atoms with van der Waals surface area (Å²) in [6, 6.07) is 6.53. The van der Waals surface area contributed by atoms with E-state index >= 15 is 0 Å². The number of nitrogens with one attached hydrogen (secondary N) is 1. The van der Waals surface area contributed by atoms with Gasteiger partial charge in [-0.05, 0) is 17.7 Å². The van der Waals surface area contributed by atoms with Gasteiger partial charge >= 0.3 is 0 Å². The number of halogens is 1. The minimum absolute atomic E-state index is 0.0975. The summed E-state index contributed by atoms with van der Waals surface area (Å²) in [6.07, 6.45) is 0. The van der Waals surface area contributed by atoms with E-state index in [-0.39, 0.29) is 16.9 Å². The minimum atomic E-state index is -3.56. The number of rotatable bonds is 3. The maximum Gasteiger partial charge on any atom is 0.245 e. The van der Waals surface area contributed by atoms with Gasteiger partial charge in [-0.25, -0.2) is 13.5 Å². The molecule has 90 valence electrons. The molecule has 0 aliphatic rings. The third-order valence-electron chi connectivity index (χ3n) is 2.05. The van der Waals surface area contributed by atoms with Crippen molar-refractivity contribution >= 4 is 27.4 Å². The van der Waals surface area contributed by atoms with E-state index in [9.17, 15) is 8.42 Å². The first-order chi connectivity index (χ1) is 7.97. The van der Waals surface area contributed by atoms with Crippen molar-refractivity contribution in [1.82, 2.24) is 15.2 Å². The lowest BCUT2D eigenvalue weighted by Gasteiger charge is -2.00. The summed E-state index contributed by atoms with van der Waals surface area (Å²) in [6.45, 7) is 0. The van der Waals surface area contributed by atoms with Crippen LogP contribution in [0.3, 0.4) is 0 Å². The summed E-state index contributed by atoms with van der Waals surface area (Å²) in [4.78, 5) is 3.59. The predicted octanol–water partition coefficient (Wildman–Crippen LogP) is 1.01. The second kappa shape index (κ2) is 4.34. The monoisotopic (exact) mass is 272 g/mol. The van der Waals surface area contributed by atoms with E-state index in [1.54, 1.807) is 24.3 Å². The Morgan fingerprint density at radius 3 is 2.47 bits per heavy atom. The van der Waals surface area contributed by atoms with Crippen LogP contribution in [0.25, 0.3) is 0 Å². The van der Waals surface area contributed by atoms with Gasteiger partial charge in [0.05, 0.1) is 5.75 Å². The van der Waals surface area contributed by atoms with Crippen molar-refractivity contribution in [2.75, 3.05) is 5.73 Å². The Bertz CT molecular complexity index is 621. The second-order valence-corrected chi connectivity index (χ2v) is 5.73. The average molecular weight is 273 g/mol. The van der Waals surface area contributed by atoms with Crippen LogP contribution in [-0.2, 0) is 15.6 Å². The summed E-state index contributed by atoms with van der Waals surface area (Å²) in [5, 5.41) is 6.08. The Labute approximate surface area is 103 Å². The maximum atomic E-state index is 11.9. The maximum absolute atomic E-state index is 11.9. The van der Waals surface area contributed by atoms with E-state index in [1.165, 1.54) is 0 Å². The fraction of sp³-hybridized carbons (Fsp3) is 0.111. The molecule has 0 unspecified atom stereocenters. The summed E-state index contributed by atoms with van der Waals surface area (Å²) < 4.78 is 23.8. The van der Waals surface area contributed by atoms with E-state index in [1.807, 2.05) is 0 Å². The van der Waals surface area contributed by atoms with Gasteiger partial charge in [0, 0.05) is 5.02 Å². The Balaban J connectivity index is 2.26. The molecule has 2 aromatic rings. The zero-order chi connectivity index (χ0) is 12.5. The standard InChI is InChI=1S/C9H9ClN4O2S/c10-7-3-1-6(2-4-7)5-17(15,16)9-12-8(11)13-14-9/h1-4H,5H2,(H3,11,12,13,14). The highest BCUT2D eigenvalue weighted by atomic mass is 35.5. The number of benzene rings is 1. The Morgan fingerprint density at radius 2 is 1.94 bits per heavy atom. The molecule has 3 N–H and O–H groups in total. The second-order valence-electron chi connectivity index (χ2n) is 3.38. The smallest absolute Gasteiger partial charge is 0.245 e. The molecule has 0 atom stereocenters. The Kier molecular flexibility index (Phi) is 3.03. The molecule has 1 aromatic heterocycles. The molecule has 1 heterocycles. The molecule has 17 heavy (non-hydrogen) atoms. The summed E-state index contributed by atoms with van der Waals surface area (Å²) in [7, 11) is -3.56. The van der Waals surface area contributed by atoms with E-state index in [0.717, 1.165) is 0 Å². The molecular weight excluding hydrogens is 264 g/mol. The average Bonchev–Trinajstić information content (AvgIpc) is 2.69. The quantitative estimate of drug-likeness (QED) is 0.868. The van der Waals surface area contributed by atoms with E-state index in [4.69, 9.17) is 17.3 Å². The molecule has 0 spiro atoms. The highest BCUT2D eigenvalue weighted by molar-refractivity contribution is 7.90. The lowest BCUT2D eigenvalue weighted by molar-refractivity contribution is 0.587. The number of aromatic nitrogens is 3. The molecule has 0 bridgehead atoms. The summed E-state index contributed by atoms with van der Waals surface area (Å²) >= 11 is 5.71. The Morgan fingerprint density at radius 1 is 1.29 bits per heavy atom. The third kappa shape index (κ3) is 2.75. The number of nitrogens with two attached hydrogens (primary N) is 1. The van der Waals surface area contributed by atoms with Gasteiger partial charge in [-0.2, -0.15) is 4.98 Å². The molecule has 6 nitrogen and oxygen atoms in total. The number of nitrogen functional groups attached to an aromatic ring is 1. The van der Waals surface area contributed by atoms with Crippen molar-refractivity contribution in [3.05, 3.63) is 34.9 Å². The molecule has 0 fully saturated rings. The SMILES string of the molecule is Nc1n[nH]c(S(=O)(=O)Cc2ccc(Cl)cc2)n1. The van der Waals surface area contributed by atoms with Crippen molar-refractivity contribution in [2.45, 2.75) is 10.9 Å². The fourth-order valence-corrected chi connectivity index (χ4v) is 2.58. The van der Waals surface area contributed by atoms with Crippen LogP contribution in [0, 0.1) is 0 Å². The Hall–Kier alpha value is -1.60. The fourth-order valence-electron chi connectivity index (χ4n) is 1.27. The molecule has 0 aliphatic heterocycles. The first-order valence-corrected chi connectivity index (χ1v) is 6.65. The molecule has 0 aliphatic carbocycles. The molecular formula is C9H9ClN4O2S. The van der Waals surface area contributed by atoms with E-state index < -0.39 is 9.84 Å². The van der Waals surface area contributed by atoms with Gasteiger partial charge in [-0.15, -0.1) is 5.10 Å². The van der Waals surface area contributed by atoms with Crippen LogP contribution in [0.5, 0.6) is 0 Å². The van der Waals surface area contributed by atoms with Crippen LogP contribution in [0.4, 0.5) is 5.95 Å². The largest absolute Gasteiger partial charge is 0.366 e. The third-order valence-corrected chi connectivity index (χ3v) is 3.78. The molecule has 2 rings (SSSR count). The lowest BCUT2D eigenvalue weighted by atomic mass is 10.2. The number of anilines is 1. The van der Waals surface area contributed by atoms with Crippen LogP contribution in [0.2, 0.25) is 5.02 Å². The summed E-state index contributed by atoms with van der Waals surface area (Å²) in [5.74, 6) is -0.279. The first kappa shape index (κ1) is 11.9. The zero-order valence-corrected chi connectivity index (χ0v) is 10.2. The topological polar surface area (TPSA) is 102 Å². The number of nitrogens with zero attached hydrogens (tertiary/aromatic N) is 2. The van der Waals surface area contributed by atoms with Crippen molar-refractivity contribution in [1.29, 1.82) is 0 Å². The van der Waals surface area contributed by atoms with Gasteiger partial charge in [0.15, 0.2) is 0 Å². The first-order valence-electron chi connectivity index (χ1n) is 4.62. The van der Waals surface area contributed by atoms with Crippen LogP contribution < -0.4 is 5.73 Å². The van der Waals surface area contributed by atoms with Gasteiger partial charge in [-0.3, -0.25) is 0 Å². The van der Waals surface area contributed by atoms with Crippen molar-refractivity contribution in [3.63, 3.8) is 0 Å². The molecule has 0 saturated heterocycles. The number of hydrogen-bond acceptors (Lipinski definition) is 5.